The molecule has 1 aromatic heterocycles. The third-order valence-electron chi connectivity index (χ3n) is 7.62. The number of rotatable bonds is 11. The number of ether oxygens (including phenoxy) is 1. The molecule has 0 unspecified atom stereocenters. The van der Waals surface area contributed by atoms with Crippen LogP contribution in [0.1, 0.15) is 36.2 Å². The lowest BCUT2D eigenvalue weighted by molar-refractivity contribution is -0.0874. The van der Waals surface area contributed by atoms with Gasteiger partial charge in [-0.2, -0.15) is 8.78 Å². The number of hydrogen-bond acceptors (Lipinski definition) is 5. The lowest BCUT2D eigenvalue weighted by Gasteiger charge is -2.42. The summed E-state index contributed by atoms with van der Waals surface area (Å²) in [4.78, 5) is 6.99. The Bertz CT molecular complexity index is 1280. The molecule has 0 aliphatic carbocycles. The molecule has 0 saturated carbocycles. The third kappa shape index (κ3) is 5.85. The number of aromatic nitrogens is 1. The summed E-state index contributed by atoms with van der Waals surface area (Å²) in [6.07, 6.45) is 0.942. The van der Waals surface area contributed by atoms with Crippen molar-refractivity contribution < 1.29 is 31.8 Å². The van der Waals surface area contributed by atoms with E-state index < -0.39 is 31.7 Å². The first kappa shape index (κ1) is 27.7. The second-order valence-corrected chi connectivity index (χ2v) is 10.5. The van der Waals surface area contributed by atoms with E-state index in [1.807, 2.05) is 31.2 Å². The Morgan fingerprint density at radius 3 is 2.67 bits per heavy atom. The van der Waals surface area contributed by atoms with Crippen LogP contribution in [0.5, 0.6) is 5.75 Å². The van der Waals surface area contributed by atoms with Crippen molar-refractivity contribution in [2.45, 2.75) is 50.4 Å². The van der Waals surface area contributed by atoms with Crippen molar-refractivity contribution in [3.05, 3.63) is 59.3 Å². The minimum absolute atomic E-state index is 0.0737. The smallest absolute Gasteiger partial charge is 0.387 e. The molecule has 2 aliphatic rings. The maximum atomic E-state index is 14.6. The number of aliphatic hydroxyl groups excluding tert-OH is 1. The van der Waals surface area contributed by atoms with Crippen LogP contribution >= 0.6 is 0 Å². The normalized spacial score (nSPS) is 20.8. The molecule has 212 valence electrons. The average molecular weight is 553 g/mol. The van der Waals surface area contributed by atoms with Crippen molar-refractivity contribution in [2.24, 2.45) is 0 Å². The quantitative estimate of drug-likeness (QED) is 0.286. The number of H-pyrrole nitrogens is 1. The first-order chi connectivity index (χ1) is 18.7. The molecule has 0 spiro atoms. The number of benzene rings is 2. The van der Waals surface area contributed by atoms with Gasteiger partial charge in [-0.1, -0.05) is 24.3 Å². The van der Waals surface area contributed by atoms with E-state index in [4.69, 9.17) is 4.74 Å². The van der Waals surface area contributed by atoms with E-state index in [1.165, 1.54) is 6.07 Å². The maximum Gasteiger partial charge on any atom is 0.387 e. The standard InChI is InChI=1S/C28H33F5N4O2/c1-17-11-22-20-5-2-3-6-23(20)35-25(22)26(37(17)15-28(32,33)16-38)21-8-7-18(12-24(21)39-27(30)31)34-19-13-36(14-19)10-4-9-29/h2-3,5-8,12,17,19,26-27,34-35,38H,4,9-11,13-16H2,1H3/t17-,26-/m1/s1. The number of aromatic amines is 1. The van der Waals surface area contributed by atoms with Gasteiger partial charge in [0.1, 0.15) is 12.4 Å². The van der Waals surface area contributed by atoms with Crippen LogP contribution in [0.25, 0.3) is 10.9 Å². The number of fused-ring (bicyclic) bond motifs is 3. The minimum Gasteiger partial charge on any atom is -0.434 e. The Hall–Kier alpha value is -2.89. The highest BCUT2D eigenvalue weighted by Gasteiger charge is 2.42. The fourth-order valence-electron chi connectivity index (χ4n) is 5.82. The number of likely N-dealkylation sites (tertiary alicyclic amines) is 1. The maximum absolute atomic E-state index is 14.6. The number of hydrogen-bond donors (Lipinski definition) is 3. The van der Waals surface area contributed by atoms with E-state index in [-0.39, 0.29) is 24.5 Å². The number of nitrogens with one attached hydrogen (secondary N) is 2. The van der Waals surface area contributed by atoms with Gasteiger partial charge in [0, 0.05) is 59.6 Å². The number of nitrogens with zero attached hydrogens (tertiary/aromatic N) is 2. The van der Waals surface area contributed by atoms with Crippen molar-refractivity contribution in [1.29, 1.82) is 0 Å². The number of anilines is 1. The van der Waals surface area contributed by atoms with Gasteiger partial charge in [0.05, 0.1) is 25.3 Å². The Morgan fingerprint density at radius 2 is 1.95 bits per heavy atom. The molecule has 3 aromatic rings. The summed E-state index contributed by atoms with van der Waals surface area (Å²) in [6, 6.07) is 11.3. The fraction of sp³-hybridized carbons (Fsp3) is 0.500. The molecular formula is C28H33F5N4O2. The van der Waals surface area contributed by atoms with Crippen molar-refractivity contribution in [3.63, 3.8) is 0 Å². The second-order valence-electron chi connectivity index (χ2n) is 10.5. The average Bonchev–Trinajstić information content (AvgIpc) is 3.24. The summed E-state index contributed by atoms with van der Waals surface area (Å²) in [6.45, 7) is -1.68. The molecule has 5 rings (SSSR count). The largest absolute Gasteiger partial charge is 0.434 e. The Morgan fingerprint density at radius 1 is 1.18 bits per heavy atom. The lowest BCUT2D eigenvalue weighted by atomic mass is 9.87. The highest BCUT2D eigenvalue weighted by molar-refractivity contribution is 5.85. The molecule has 1 fully saturated rings. The summed E-state index contributed by atoms with van der Waals surface area (Å²) in [5.74, 6) is -3.50. The molecule has 0 radical (unpaired) electrons. The first-order valence-electron chi connectivity index (χ1n) is 13.2. The van der Waals surface area contributed by atoms with Crippen LogP contribution < -0.4 is 10.1 Å². The molecule has 11 heteroatoms. The zero-order valence-electron chi connectivity index (χ0n) is 21.6. The van der Waals surface area contributed by atoms with Crippen LogP contribution in [0, 0.1) is 0 Å². The van der Waals surface area contributed by atoms with Gasteiger partial charge < -0.3 is 20.1 Å². The van der Waals surface area contributed by atoms with Crippen LogP contribution in [0.3, 0.4) is 0 Å². The van der Waals surface area contributed by atoms with Crippen molar-refractivity contribution in [1.82, 2.24) is 14.8 Å². The van der Waals surface area contributed by atoms with E-state index in [2.05, 4.69) is 15.2 Å². The predicted molar refractivity (Wildman–Crippen MR) is 140 cm³/mol. The molecular weight excluding hydrogens is 519 g/mol. The number of para-hydroxylation sites is 1. The van der Waals surface area contributed by atoms with Gasteiger partial charge in [0.25, 0.3) is 5.92 Å². The van der Waals surface area contributed by atoms with E-state index >= 15 is 0 Å². The Labute approximate surface area is 223 Å². The van der Waals surface area contributed by atoms with E-state index in [0.29, 0.717) is 49.4 Å². The third-order valence-corrected chi connectivity index (χ3v) is 7.62. The topological polar surface area (TPSA) is 63.8 Å². The Kier molecular flexibility index (Phi) is 8.02. The monoisotopic (exact) mass is 552 g/mol. The van der Waals surface area contributed by atoms with E-state index in [1.54, 1.807) is 17.0 Å². The van der Waals surface area contributed by atoms with Gasteiger partial charge in [-0.05, 0) is 37.5 Å². The molecule has 2 atom stereocenters. The van der Waals surface area contributed by atoms with Crippen molar-refractivity contribution >= 4 is 16.6 Å². The van der Waals surface area contributed by atoms with Crippen LogP contribution in [0.15, 0.2) is 42.5 Å². The van der Waals surface area contributed by atoms with Gasteiger partial charge >= 0.3 is 6.61 Å². The van der Waals surface area contributed by atoms with Crippen molar-refractivity contribution in [3.8, 4) is 5.75 Å². The molecule has 2 aromatic carbocycles. The van der Waals surface area contributed by atoms with Gasteiger partial charge in [-0.25, -0.2) is 8.78 Å². The minimum atomic E-state index is -3.39. The molecule has 3 N–H and O–H groups in total. The van der Waals surface area contributed by atoms with Crippen LogP contribution in [0.4, 0.5) is 27.6 Å². The van der Waals surface area contributed by atoms with Gasteiger partial charge in [-0.3, -0.25) is 14.2 Å². The molecule has 0 amide bonds. The summed E-state index contributed by atoms with van der Waals surface area (Å²) in [5.41, 5.74) is 3.31. The summed E-state index contributed by atoms with van der Waals surface area (Å²) >= 11 is 0. The highest BCUT2D eigenvalue weighted by Crippen LogP contribution is 2.45. The molecule has 39 heavy (non-hydrogen) atoms. The van der Waals surface area contributed by atoms with E-state index in [0.717, 1.165) is 16.5 Å². The number of halogens is 5. The Balaban J connectivity index is 1.52. The number of aliphatic hydroxyl groups is 1. The lowest BCUT2D eigenvalue weighted by Crippen LogP contribution is -2.54. The summed E-state index contributed by atoms with van der Waals surface area (Å²) in [7, 11) is 0. The molecule has 1 saturated heterocycles. The fourth-order valence-corrected chi connectivity index (χ4v) is 5.82. The molecule has 6 nitrogen and oxygen atoms in total. The zero-order chi connectivity index (χ0) is 27.7. The van der Waals surface area contributed by atoms with Crippen LogP contribution in [-0.2, 0) is 6.42 Å². The predicted octanol–water partition coefficient (Wildman–Crippen LogP) is 5.19. The zero-order valence-corrected chi connectivity index (χ0v) is 21.6. The van der Waals surface area contributed by atoms with Crippen molar-refractivity contribution in [2.75, 3.05) is 44.8 Å². The van der Waals surface area contributed by atoms with Gasteiger partial charge in [-0.15, -0.1) is 0 Å². The van der Waals surface area contributed by atoms with Crippen LogP contribution in [0.2, 0.25) is 0 Å². The second kappa shape index (κ2) is 11.3. The summed E-state index contributed by atoms with van der Waals surface area (Å²) in [5, 5.41) is 13.6. The van der Waals surface area contributed by atoms with Gasteiger partial charge in [0.2, 0.25) is 0 Å². The SMILES string of the molecule is C[C@@H]1Cc2c([nH]c3ccccc23)[C@@H](c2ccc(NC3CN(CCCF)C3)cc2OC(F)F)N1CC(F)(F)CO. The van der Waals surface area contributed by atoms with E-state index in [9.17, 15) is 27.1 Å². The molecule has 3 heterocycles. The highest BCUT2D eigenvalue weighted by atomic mass is 19.3. The first-order valence-corrected chi connectivity index (χ1v) is 13.2. The van der Waals surface area contributed by atoms with Gasteiger partial charge in [0.15, 0.2) is 0 Å². The molecule has 2 aliphatic heterocycles. The number of alkyl halides is 5. The molecule has 0 bridgehead atoms. The summed E-state index contributed by atoms with van der Waals surface area (Å²) < 4.78 is 73.8. The van der Waals surface area contributed by atoms with Crippen LogP contribution in [-0.4, -0.2) is 84.0 Å².